The average molecular weight is 888 g/mol. The van der Waals surface area contributed by atoms with Gasteiger partial charge < -0.3 is 4.90 Å². The van der Waals surface area contributed by atoms with E-state index < -0.39 is 0 Å². The maximum absolute atomic E-state index is 2.38. The summed E-state index contributed by atoms with van der Waals surface area (Å²) in [6.07, 6.45) is 0. The van der Waals surface area contributed by atoms with Crippen LogP contribution in [0.5, 0.6) is 0 Å². The second-order valence-corrected chi connectivity index (χ2v) is 19.4. The molecule has 0 unspecified atom stereocenters. The fraction of sp³-hybridized carbons (Fsp3) is 0. The molecule has 0 fully saturated rings. The van der Waals surface area contributed by atoms with E-state index in [0.717, 1.165) is 17.1 Å². The Balaban J connectivity index is 0.838. The summed E-state index contributed by atoms with van der Waals surface area (Å²) in [5, 5.41) is 7.80. The molecule has 3 heteroatoms. The van der Waals surface area contributed by atoms with Gasteiger partial charge in [0.25, 0.3) is 0 Å². The average Bonchev–Trinajstić information content (AvgIpc) is 3.98. The van der Waals surface area contributed by atoms with Gasteiger partial charge in [0.2, 0.25) is 0 Å². The third-order valence-corrected chi connectivity index (χ3v) is 15.7. The molecule has 13 aromatic rings. The van der Waals surface area contributed by atoms with Crippen LogP contribution >= 0.6 is 22.7 Å². The highest BCUT2D eigenvalue weighted by molar-refractivity contribution is 7.26. The van der Waals surface area contributed by atoms with E-state index >= 15 is 0 Å². The van der Waals surface area contributed by atoms with E-state index in [1.54, 1.807) is 0 Å². The van der Waals surface area contributed by atoms with Gasteiger partial charge in [0, 0.05) is 57.4 Å². The summed E-state index contributed by atoms with van der Waals surface area (Å²) in [6, 6.07) is 91.3. The predicted molar refractivity (Wildman–Crippen MR) is 292 cm³/mol. The first-order valence-electron chi connectivity index (χ1n) is 22.8. The Morgan fingerprint density at radius 2 is 0.701 bits per heavy atom. The van der Waals surface area contributed by atoms with Crippen LogP contribution in [0, 0.1) is 0 Å². The maximum atomic E-state index is 2.38. The van der Waals surface area contributed by atoms with E-state index in [9.17, 15) is 0 Å². The number of rotatable bonds is 8. The quantitative estimate of drug-likeness (QED) is 0.147. The highest BCUT2D eigenvalue weighted by Crippen LogP contribution is 2.44. The maximum Gasteiger partial charge on any atom is 0.0462 e. The van der Waals surface area contributed by atoms with Crippen LogP contribution in [0.2, 0.25) is 0 Å². The molecule has 0 aliphatic carbocycles. The summed E-state index contributed by atoms with van der Waals surface area (Å²) in [7, 11) is 0. The van der Waals surface area contributed by atoms with Gasteiger partial charge in [0.1, 0.15) is 0 Å². The summed E-state index contributed by atoms with van der Waals surface area (Å²) in [5.74, 6) is 0. The van der Waals surface area contributed by atoms with Crippen molar-refractivity contribution in [2.75, 3.05) is 4.90 Å². The Morgan fingerprint density at radius 3 is 1.40 bits per heavy atom. The zero-order valence-electron chi connectivity index (χ0n) is 36.4. The summed E-state index contributed by atoms with van der Waals surface area (Å²) >= 11 is 3.74. The Bertz CT molecular complexity index is 3950. The minimum absolute atomic E-state index is 1.10. The number of hydrogen-bond acceptors (Lipinski definition) is 3. The van der Waals surface area contributed by atoms with Gasteiger partial charge in [-0.2, -0.15) is 0 Å². The molecule has 0 saturated heterocycles. The van der Waals surface area contributed by atoms with Gasteiger partial charge in [-0.1, -0.05) is 182 Å². The molecular formula is C64H41NS2. The van der Waals surface area contributed by atoms with E-state index in [1.165, 1.54) is 107 Å². The van der Waals surface area contributed by atoms with Gasteiger partial charge in [-0.3, -0.25) is 0 Å². The third-order valence-electron chi connectivity index (χ3n) is 13.3. The van der Waals surface area contributed by atoms with Crippen LogP contribution in [0.15, 0.2) is 249 Å². The third kappa shape index (κ3) is 7.08. The van der Waals surface area contributed by atoms with E-state index in [-0.39, 0.29) is 0 Å². The molecule has 0 N–H and O–H groups in total. The van der Waals surface area contributed by atoms with Crippen LogP contribution < -0.4 is 4.90 Å². The largest absolute Gasteiger partial charge is 0.311 e. The first-order chi connectivity index (χ1) is 33.2. The first-order valence-corrected chi connectivity index (χ1v) is 24.4. The first kappa shape index (κ1) is 39.3. The smallest absolute Gasteiger partial charge is 0.0462 e. The second-order valence-electron chi connectivity index (χ2n) is 17.3. The van der Waals surface area contributed by atoms with E-state index in [1.807, 2.05) is 22.7 Å². The fourth-order valence-corrected chi connectivity index (χ4v) is 12.3. The molecule has 13 rings (SSSR count). The molecule has 0 spiro atoms. The molecule has 0 aliphatic heterocycles. The lowest BCUT2D eigenvalue weighted by Crippen LogP contribution is -2.09. The number of anilines is 3. The number of nitrogens with zero attached hydrogens (tertiary/aromatic N) is 1. The van der Waals surface area contributed by atoms with Crippen molar-refractivity contribution in [3.8, 4) is 55.6 Å². The molecule has 11 aromatic carbocycles. The number of thiophene rings is 2. The number of benzene rings is 11. The predicted octanol–water partition coefficient (Wildman–Crippen LogP) is 19.4. The molecule has 314 valence electrons. The Morgan fingerprint density at radius 1 is 0.254 bits per heavy atom. The van der Waals surface area contributed by atoms with E-state index in [2.05, 4.69) is 254 Å². The molecule has 67 heavy (non-hydrogen) atoms. The Hall–Kier alpha value is -8.08. The molecule has 2 aromatic heterocycles. The number of hydrogen-bond donors (Lipinski definition) is 0. The van der Waals surface area contributed by atoms with Crippen LogP contribution in [0.3, 0.4) is 0 Å². The molecule has 0 amide bonds. The molecular weight excluding hydrogens is 847 g/mol. The van der Waals surface area contributed by atoms with Crippen LogP contribution in [0.1, 0.15) is 0 Å². The lowest BCUT2D eigenvalue weighted by Gasteiger charge is -2.26. The standard InChI is InChI=1S/C64H41NS2/c1-2-11-48-41-51(27-26-42(48)10-1)50-13-7-12-49(40-50)45-24-22-43(23-25-45)44-28-34-52(35-29-44)65(53-36-30-46(31-37-53)55-16-9-21-62-63(55)59-15-4-6-20-61(59)66-62)54-38-32-47(33-39-54)56-17-8-18-58-57-14-3-5-19-60(57)67-64(56)58/h1-41H. The minimum atomic E-state index is 1.10. The van der Waals surface area contributed by atoms with Gasteiger partial charge in [0.15, 0.2) is 0 Å². The van der Waals surface area contributed by atoms with Crippen molar-refractivity contribution < 1.29 is 0 Å². The van der Waals surface area contributed by atoms with Gasteiger partial charge in [-0.15, -0.1) is 22.7 Å². The lowest BCUT2D eigenvalue weighted by molar-refractivity contribution is 1.28. The highest BCUT2D eigenvalue weighted by Gasteiger charge is 2.17. The summed E-state index contributed by atoms with van der Waals surface area (Å²) in [6.45, 7) is 0. The molecule has 1 nitrogen and oxygen atoms in total. The van der Waals surface area contributed by atoms with Crippen molar-refractivity contribution in [3.05, 3.63) is 249 Å². The van der Waals surface area contributed by atoms with Crippen molar-refractivity contribution in [1.82, 2.24) is 0 Å². The Labute approximate surface area is 397 Å². The van der Waals surface area contributed by atoms with Crippen LogP contribution in [0.25, 0.3) is 107 Å². The topological polar surface area (TPSA) is 3.24 Å². The second kappa shape index (κ2) is 16.4. The normalized spacial score (nSPS) is 11.6. The zero-order chi connectivity index (χ0) is 44.3. The zero-order valence-corrected chi connectivity index (χ0v) is 38.1. The summed E-state index contributed by atoms with van der Waals surface area (Å²) in [4.78, 5) is 2.38. The highest BCUT2D eigenvalue weighted by atomic mass is 32.1. The van der Waals surface area contributed by atoms with Crippen molar-refractivity contribution >= 4 is 90.9 Å². The summed E-state index contributed by atoms with van der Waals surface area (Å²) < 4.78 is 5.29. The van der Waals surface area contributed by atoms with E-state index in [0.29, 0.717) is 0 Å². The molecule has 0 radical (unpaired) electrons. The lowest BCUT2D eigenvalue weighted by atomic mass is 9.96. The van der Waals surface area contributed by atoms with Crippen LogP contribution in [-0.2, 0) is 0 Å². The van der Waals surface area contributed by atoms with Crippen LogP contribution in [-0.4, -0.2) is 0 Å². The minimum Gasteiger partial charge on any atom is -0.311 e. The van der Waals surface area contributed by atoms with Crippen molar-refractivity contribution in [1.29, 1.82) is 0 Å². The fourth-order valence-electron chi connectivity index (χ4n) is 9.92. The van der Waals surface area contributed by atoms with Gasteiger partial charge in [-0.05, 0) is 133 Å². The summed E-state index contributed by atoms with van der Waals surface area (Å²) in [5.41, 5.74) is 15.5. The van der Waals surface area contributed by atoms with Crippen LogP contribution in [0.4, 0.5) is 17.1 Å². The van der Waals surface area contributed by atoms with Crippen molar-refractivity contribution in [2.45, 2.75) is 0 Å². The van der Waals surface area contributed by atoms with Gasteiger partial charge in [-0.25, -0.2) is 0 Å². The monoisotopic (exact) mass is 887 g/mol. The van der Waals surface area contributed by atoms with Crippen molar-refractivity contribution in [3.63, 3.8) is 0 Å². The Kier molecular flexibility index (Phi) is 9.63. The van der Waals surface area contributed by atoms with E-state index in [4.69, 9.17) is 0 Å². The molecule has 0 saturated carbocycles. The molecule has 2 heterocycles. The molecule has 0 aliphatic rings. The van der Waals surface area contributed by atoms with Gasteiger partial charge in [0.05, 0.1) is 0 Å². The SMILES string of the molecule is c1cc(-c2ccc(-c3ccc(N(c4ccc(-c5cccc6c5sc5ccccc56)cc4)c4ccc(-c5cccc6sc7ccccc7c56)cc4)cc3)cc2)cc(-c2ccc3ccccc3c2)c1. The number of fused-ring (bicyclic) bond motifs is 7. The molecule has 0 atom stereocenters. The van der Waals surface area contributed by atoms with Gasteiger partial charge >= 0.3 is 0 Å². The van der Waals surface area contributed by atoms with Crippen molar-refractivity contribution in [2.24, 2.45) is 0 Å². The molecule has 0 bridgehead atoms.